The molecule has 3 heteroatoms. The summed E-state index contributed by atoms with van der Waals surface area (Å²) >= 11 is 0. The summed E-state index contributed by atoms with van der Waals surface area (Å²) < 4.78 is 0. The maximum Gasteiger partial charge on any atom is 0.207 e. The summed E-state index contributed by atoms with van der Waals surface area (Å²) in [6, 6.07) is 8.62. The van der Waals surface area contributed by atoms with Crippen LogP contribution in [0.3, 0.4) is 0 Å². The van der Waals surface area contributed by atoms with E-state index in [4.69, 9.17) is 0 Å². The average molecular weight is 220 g/mol. The molecule has 0 aliphatic rings. The van der Waals surface area contributed by atoms with Gasteiger partial charge < -0.3 is 10.6 Å². The number of hydrogen-bond donors (Lipinski definition) is 2. The van der Waals surface area contributed by atoms with Gasteiger partial charge in [0.1, 0.15) is 0 Å². The second-order valence-electron chi connectivity index (χ2n) is 3.78. The molecule has 0 heterocycles. The van der Waals surface area contributed by atoms with E-state index < -0.39 is 0 Å². The number of nitrogens with one attached hydrogen (secondary N) is 2. The lowest BCUT2D eigenvalue weighted by molar-refractivity contribution is -0.109. The largest absolute Gasteiger partial charge is 0.359 e. The van der Waals surface area contributed by atoms with E-state index in [2.05, 4.69) is 41.8 Å². The number of carbonyl (C=O) groups is 1. The van der Waals surface area contributed by atoms with Gasteiger partial charge in [-0.1, -0.05) is 31.2 Å². The normalized spacial score (nSPS) is 10.1. The van der Waals surface area contributed by atoms with Gasteiger partial charge in [0.05, 0.1) is 0 Å². The van der Waals surface area contributed by atoms with Crippen LogP contribution in [0.4, 0.5) is 0 Å². The topological polar surface area (TPSA) is 41.1 Å². The third kappa shape index (κ3) is 4.94. The standard InChI is InChI=1S/C13H20N2O/c1-2-12-5-3-6-13(9-12)10-14-7-4-8-15-11-16/h3,5-6,9,11,14H,2,4,7-8,10H2,1H3,(H,15,16). The van der Waals surface area contributed by atoms with Crippen LogP contribution >= 0.6 is 0 Å². The lowest BCUT2D eigenvalue weighted by Crippen LogP contribution is -2.20. The van der Waals surface area contributed by atoms with E-state index in [9.17, 15) is 4.79 Å². The molecule has 0 aliphatic carbocycles. The molecule has 3 nitrogen and oxygen atoms in total. The number of hydrogen-bond acceptors (Lipinski definition) is 2. The number of aryl methyl sites for hydroxylation is 1. The second-order valence-corrected chi connectivity index (χ2v) is 3.78. The third-order valence-electron chi connectivity index (χ3n) is 2.49. The zero-order valence-corrected chi connectivity index (χ0v) is 9.83. The van der Waals surface area contributed by atoms with Crippen molar-refractivity contribution in [2.24, 2.45) is 0 Å². The highest BCUT2D eigenvalue weighted by Gasteiger charge is 1.94. The number of benzene rings is 1. The van der Waals surface area contributed by atoms with Gasteiger partial charge in [0.2, 0.25) is 6.41 Å². The summed E-state index contributed by atoms with van der Waals surface area (Å²) in [5.74, 6) is 0. The van der Waals surface area contributed by atoms with Gasteiger partial charge in [-0.15, -0.1) is 0 Å². The van der Waals surface area contributed by atoms with Gasteiger partial charge in [-0.3, -0.25) is 4.79 Å². The molecule has 0 unspecified atom stereocenters. The van der Waals surface area contributed by atoms with Gasteiger partial charge in [0.25, 0.3) is 0 Å². The fourth-order valence-corrected chi connectivity index (χ4v) is 1.57. The molecule has 0 bridgehead atoms. The second kappa shape index (κ2) is 7.88. The minimum absolute atomic E-state index is 0.741. The van der Waals surface area contributed by atoms with Crippen molar-refractivity contribution < 1.29 is 4.79 Å². The Kier molecular flexibility index (Phi) is 6.26. The molecule has 0 aromatic heterocycles. The Morgan fingerprint density at radius 1 is 1.25 bits per heavy atom. The molecule has 1 aromatic carbocycles. The Morgan fingerprint density at radius 2 is 2.06 bits per heavy atom. The van der Waals surface area contributed by atoms with Crippen molar-refractivity contribution >= 4 is 6.41 Å². The molecule has 2 N–H and O–H groups in total. The molecule has 0 aliphatic heterocycles. The average Bonchev–Trinajstić information content (AvgIpc) is 2.34. The monoisotopic (exact) mass is 220 g/mol. The van der Waals surface area contributed by atoms with E-state index in [-0.39, 0.29) is 0 Å². The Hall–Kier alpha value is -1.35. The third-order valence-corrected chi connectivity index (χ3v) is 2.49. The highest BCUT2D eigenvalue weighted by molar-refractivity contribution is 5.45. The highest BCUT2D eigenvalue weighted by Crippen LogP contribution is 2.05. The molecule has 0 atom stereocenters. The molecule has 1 aromatic rings. The summed E-state index contributed by atoms with van der Waals surface area (Å²) in [4.78, 5) is 10.00. The summed E-state index contributed by atoms with van der Waals surface area (Å²) in [5.41, 5.74) is 2.70. The molecule has 0 spiro atoms. The van der Waals surface area contributed by atoms with Crippen molar-refractivity contribution in [2.45, 2.75) is 26.3 Å². The lowest BCUT2D eigenvalue weighted by atomic mass is 10.1. The molecular formula is C13H20N2O. The predicted octanol–water partition coefficient (Wildman–Crippen LogP) is 1.47. The van der Waals surface area contributed by atoms with Crippen molar-refractivity contribution in [3.05, 3.63) is 35.4 Å². The molecule has 0 fully saturated rings. The fourth-order valence-electron chi connectivity index (χ4n) is 1.57. The first-order valence-electron chi connectivity index (χ1n) is 5.82. The van der Waals surface area contributed by atoms with Crippen LogP contribution in [-0.4, -0.2) is 19.5 Å². The first kappa shape index (κ1) is 12.7. The van der Waals surface area contributed by atoms with Crippen LogP contribution in [0, 0.1) is 0 Å². The zero-order valence-electron chi connectivity index (χ0n) is 9.83. The van der Waals surface area contributed by atoms with Gasteiger partial charge >= 0.3 is 0 Å². The van der Waals surface area contributed by atoms with Crippen molar-refractivity contribution in [3.8, 4) is 0 Å². The number of amides is 1. The van der Waals surface area contributed by atoms with Crippen LogP contribution in [0.15, 0.2) is 24.3 Å². The van der Waals surface area contributed by atoms with Crippen LogP contribution in [0.25, 0.3) is 0 Å². The highest BCUT2D eigenvalue weighted by atomic mass is 16.1. The van der Waals surface area contributed by atoms with Crippen molar-refractivity contribution in [1.29, 1.82) is 0 Å². The first-order chi connectivity index (χ1) is 7.86. The maximum absolute atomic E-state index is 10.00. The number of rotatable bonds is 8. The van der Waals surface area contributed by atoms with E-state index in [1.807, 2.05) is 0 Å². The van der Waals surface area contributed by atoms with Gasteiger partial charge in [0, 0.05) is 13.1 Å². The molecular weight excluding hydrogens is 200 g/mol. The van der Waals surface area contributed by atoms with E-state index in [0.29, 0.717) is 0 Å². The summed E-state index contributed by atoms with van der Waals surface area (Å²) in [7, 11) is 0. The molecule has 16 heavy (non-hydrogen) atoms. The van der Waals surface area contributed by atoms with Crippen molar-refractivity contribution in [1.82, 2.24) is 10.6 Å². The maximum atomic E-state index is 10.00. The van der Waals surface area contributed by atoms with Gasteiger partial charge in [0.15, 0.2) is 0 Å². The molecule has 1 rings (SSSR count). The van der Waals surface area contributed by atoms with Crippen LogP contribution in [-0.2, 0) is 17.8 Å². The van der Waals surface area contributed by atoms with Crippen LogP contribution in [0.2, 0.25) is 0 Å². The SMILES string of the molecule is CCc1cccc(CNCCCNC=O)c1. The smallest absolute Gasteiger partial charge is 0.207 e. The minimum Gasteiger partial charge on any atom is -0.359 e. The minimum atomic E-state index is 0.741. The summed E-state index contributed by atoms with van der Waals surface area (Å²) in [6.45, 7) is 4.73. The Balaban J connectivity index is 2.18. The van der Waals surface area contributed by atoms with E-state index >= 15 is 0 Å². The molecule has 88 valence electrons. The predicted molar refractivity (Wildman–Crippen MR) is 66.2 cm³/mol. The lowest BCUT2D eigenvalue weighted by Gasteiger charge is -2.06. The van der Waals surface area contributed by atoms with Crippen molar-refractivity contribution in [2.75, 3.05) is 13.1 Å². The van der Waals surface area contributed by atoms with Gasteiger partial charge in [-0.05, 0) is 30.5 Å². The quantitative estimate of drug-likeness (QED) is 0.514. The van der Waals surface area contributed by atoms with Gasteiger partial charge in [-0.25, -0.2) is 0 Å². The zero-order chi connectivity index (χ0) is 11.6. The number of carbonyl (C=O) groups excluding carboxylic acids is 1. The first-order valence-corrected chi connectivity index (χ1v) is 5.82. The van der Waals surface area contributed by atoms with Crippen molar-refractivity contribution in [3.63, 3.8) is 0 Å². The summed E-state index contributed by atoms with van der Waals surface area (Å²) in [6.07, 6.45) is 2.79. The molecule has 1 amide bonds. The summed E-state index contributed by atoms with van der Waals surface area (Å²) in [5, 5.41) is 6.00. The van der Waals surface area contributed by atoms with E-state index in [1.165, 1.54) is 11.1 Å². The Labute approximate surface area is 97.2 Å². The molecule has 0 saturated heterocycles. The van der Waals surface area contributed by atoms with E-state index in [1.54, 1.807) is 0 Å². The Bertz CT molecular complexity index is 313. The van der Waals surface area contributed by atoms with Gasteiger partial charge in [-0.2, -0.15) is 0 Å². The van der Waals surface area contributed by atoms with Crippen LogP contribution in [0.5, 0.6) is 0 Å². The fraction of sp³-hybridized carbons (Fsp3) is 0.462. The molecule has 0 radical (unpaired) electrons. The van der Waals surface area contributed by atoms with Crippen LogP contribution in [0.1, 0.15) is 24.5 Å². The van der Waals surface area contributed by atoms with E-state index in [0.717, 1.165) is 38.9 Å². The van der Waals surface area contributed by atoms with Crippen LogP contribution < -0.4 is 10.6 Å². The Morgan fingerprint density at radius 3 is 2.81 bits per heavy atom. The molecule has 0 saturated carbocycles.